The summed E-state index contributed by atoms with van der Waals surface area (Å²) in [6.45, 7) is 1.76. The van der Waals surface area contributed by atoms with Crippen LogP contribution in [-0.2, 0) is 9.53 Å². The number of hydrogen-bond acceptors (Lipinski definition) is 5. The van der Waals surface area contributed by atoms with Crippen molar-refractivity contribution in [2.24, 2.45) is 4.99 Å². The summed E-state index contributed by atoms with van der Waals surface area (Å²) in [4.78, 5) is 30.9. The largest absolute Gasteiger partial charge is 0.466 e. The molecule has 0 fully saturated rings. The van der Waals surface area contributed by atoms with Gasteiger partial charge in [-0.05, 0) is 36.3 Å². The van der Waals surface area contributed by atoms with Crippen LogP contribution >= 0.6 is 22.9 Å². The molecular formula is C22H17ClN2O3S. The maximum Gasteiger partial charge on any atom is 0.338 e. The van der Waals surface area contributed by atoms with Crippen molar-refractivity contribution in [3.05, 3.63) is 102 Å². The molecule has 5 nitrogen and oxygen atoms in total. The highest BCUT2D eigenvalue weighted by atomic mass is 35.5. The van der Waals surface area contributed by atoms with Crippen molar-refractivity contribution < 1.29 is 9.53 Å². The smallest absolute Gasteiger partial charge is 0.338 e. The summed E-state index contributed by atoms with van der Waals surface area (Å²) in [7, 11) is 1.33. The van der Waals surface area contributed by atoms with Gasteiger partial charge in [-0.25, -0.2) is 9.79 Å². The number of allylic oxidation sites excluding steroid dienone is 1. The number of aromatic nitrogens is 1. The van der Waals surface area contributed by atoms with Crippen LogP contribution in [0.5, 0.6) is 0 Å². The summed E-state index contributed by atoms with van der Waals surface area (Å²) in [5.74, 6) is -0.496. The molecular weight excluding hydrogens is 408 g/mol. The fourth-order valence-corrected chi connectivity index (χ4v) is 4.64. The van der Waals surface area contributed by atoms with Crippen LogP contribution in [0, 0.1) is 0 Å². The van der Waals surface area contributed by atoms with Gasteiger partial charge in [-0.3, -0.25) is 9.36 Å². The Balaban J connectivity index is 1.98. The number of nitrogens with zero attached hydrogens (tertiary/aromatic N) is 2. The topological polar surface area (TPSA) is 60.7 Å². The lowest BCUT2D eigenvalue weighted by molar-refractivity contribution is -0.136. The third-order valence-corrected chi connectivity index (χ3v) is 5.91. The maximum absolute atomic E-state index is 13.3. The van der Waals surface area contributed by atoms with Crippen molar-refractivity contribution in [1.82, 2.24) is 4.57 Å². The zero-order valence-electron chi connectivity index (χ0n) is 15.8. The number of rotatable bonds is 3. The van der Waals surface area contributed by atoms with Crippen LogP contribution in [0.2, 0.25) is 5.02 Å². The van der Waals surface area contributed by atoms with Gasteiger partial charge in [-0.2, -0.15) is 0 Å². The molecule has 0 N–H and O–H groups in total. The molecule has 1 aliphatic rings. The van der Waals surface area contributed by atoms with Gasteiger partial charge in [0.25, 0.3) is 5.56 Å². The third kappa shape index (κ3) is 3.57. The molecule has 0 aliphatic carbocycles. The number of halogens is 1. The standard InChI is InChI=1S/C22H17ClN2O3S/c1-13-18(21(27)28-2)19(15-8-4-3-5-9-15)25-20(26)17(29-22(25)24-13)12-14-7-6-10-16(23)11-14/h3-12,19H,1-2H3/b17-12+/t19-/m1/s1. The second-order valence-electron chi connectivity index (χ2n) is 6.54. The van der Waals surface area contributed by atoms with Gasteiger partial charge in [-0.1, -0.05) is 65.4 Å². The molecule has 0 radical (unpaired) electrons. The van der Waals surface area contributed by atoms with Gasteiger partial charge in [0.1, 0.15) is 0 Å². The highest BCUT2D eigenvalue weighted by Crippen LogP contribution is 2.30. The number of benzene rings is 2. The Bertz CT molecular complexity index is 1310. The van der Waals surface area contributed by atoms with Gasteiger partial charge >= 0.3 is 5.97 Å². The Hall–Kier alpha value is -2.96. The second-order valence-corrected chi connectivity index (χ2v) is 7.98. The number of ether oxygens (including phenoxy) is 1. The Labute approximate surface area is 175 Å². The van der Waals surface area contributed by atoms with Gasteiger partial charge in [-0.15, -0.1) is 0 Å². The Morgan fingerprint density at radius 1 is 1.21 bits per heavy atom. The van der Waals surface area contributed by atoms with Gasteiger partial charge in [0.05, 0.1) is 29.0 Å². The van der Waals surface area contributed by atoms with E-state index in [-0.39, 0.29) is 5.56 Å². The van der Waals surface area contributed by atoms with Crippen LogP contribution in [0.3, 0.4) is 0 Å². The number of esters is 1. The highest BCUT2D eigenvalue weighted by molar-refractivity contribution is 7.07. The zero-order chi connectivity index (χ0) is 20.5. The summed E-state index contributed by atoms with van der Waals surface area (Å²) >= 11 is 7.35. The van der Waals surface area contributed by atoms with Crippen LogP contribution in [-0.4, -0.2) is 17.6 Å². The van der Waals surface area contributed by atoms with Gasteiger partial charge in [0.15, 0.2) is 4.80 Å². The highest BCUT2D eigenvalue weighted by Gasteiger charge is 2.32. The molecule has 0 amide bonds. The van der Waals surface area contributed by atoms with Crippen molar-refractivity contribution in [2.75, 3.05) is 7.11 Å². The molecule has 29 heavy (non-hydrogen) atoms. The van der Waals surface area contributed by atoms with E-state index < -0.39 is 12.0 Å². The fraction of sp³-hybridized carbons (Fsp3) is 0.136. The Kier molecular flexibility index (Phi) is 5.22. The van der Waals surface area contributed by atoms with E-state index in [1.54, 1.807) is 29.7 Å². The number of fused-ring (bicyclic) bond motifs is 1. The predicted molar refractivity (Wildman–Crippen MR) is 114 cm³/mol. The van der Waals surface area contributed by atoms with Gasteiger partial charge in [0.2, 0.25) is 0 Å². The summed E-state index contributed by atoms with van der Waals surface area (Å²) in [6, 6.07) is 16.1. The maximum atomic E-state index is 13.3. The number of hydrogen-bond donors (Lipinski definition) is 0. The van der Waals surface area contributed by atoms with E-state index >= 15 is 0 Å². The molecule has 0 unspecified atom stereocenters. The molecule has 2 heterocycles. The first kappa shape index (κ1) is 19.4. The van der Waals surface area contributed by atoms with E-state index in [1.807, 2.05) is 42.5 Å². The quantitative estimate of drug-likeness (QED) is 0.607. The first-order chi connectivity index (χ1) is 14.0. The van der Waals surface area contributed by atoms with E-state index in [0.29, 0.717) is 25.6 Å². The minimum absolute atomic E-state index is 0.212. The summed E-state index contributed by atoms with van der Waals surface area (Å²) in [5, 5.41) is 0.595. The molecule has 0 bridgehead atoms. The van der Waals surface area contributed by atoms with Crippen LogP contribution in [0.1, 0.15) is 24.1 Å². The normalized spacial score (nSPS) is 16.4. The van der Waals surface area contributed by atoms with E-state index in [9.17, 15) is 9.59 Å². The lowest BCUT2D eigenvalue weighted by Crippen LogP contribution is -2.39. The molecule has 1 atom stereocenters. The van der Waals surface area contributed by atoms with E-state index in [4.69, 9.17) is 16.3 Å². The molecule has 1 aliphatic heterocycles. The first-order valence-electron chi connectivity index (χ1n) is 8.91. The fourth-order valence-electron chi connectivity index (χ4n) is 3.39. The third-order valence-electron chi connectivity index (χ3n) is 4.69. The molecule has 3 aromatic rings. The second kappa shape index (κ2) is 7.81. The molecule has 0 saturated heterocycles. The monoisotopic (exact) mass is 424 g/mol. The average molecular weight is 425 g/mol. The van der Waals surface area contributed by atoms with Gasteiger partial charge < -0.3 is 4.74 Å². The molecule has 0 spiro atoms. The number of carbonyl (C=O) groups excluding carboxylic acids is 1. The van der Waals surface area contributed by atoms with Crippen LogP contribution in [0.25, 0.3) is 6.08 Å². The van der Waals surface area contributed by atoms with Crippen LogP contribution in [0.15, 0.2) is 75.7 Å². The van der Waals surface area contributed by atoms with Crippen molar-refractivity contribution in [2.45, 2.75) is 13.0 Å². The summed E-state index contributed by atoms with van der Waals surface area (Å²) in [6.07, 6.45) is 1.79. The van der Waals surface area contributed by atoms with E-state index in [1.165, 1.54) is 18.4 Å². The predicted octanol–water partition coefficient (Wildman–Crippen LogP) is 3.06. The zero-order valence-corrected chi connectivity index (χ0v) is 17.3. The lowest BCUT2D eigenvalue weighted by atomic mass is 9.96. The van der Waals surface area contributed by atoms with Gasteiger partial charge in [0, 0.05) is 5.02 Å². The van der Waals surface area contributed by atoms with Crippen molar-refractivity contribution >= 4 is 35.0 Å². The molecule has 7 heteroatoms. The Morgan fingerprint density at radius 3 is 2.66 bits per heavy atom. The van der Waals surface area contributed by atoms with E-state index in [2.05, 4.69) is 4.99 Å². The van der Waals surface area contributed by atoms with E-state index in [0.717, 1.165) is 11.1 Å². The minimum atomic E-state index is -0.596. The van der Waals surface area contributed by atoms with Crippen LogP contribution < -0.4 is 14.9 Å². The number of methoxy groups -OCH3 is 1. The SMILES string of the molecule is COC(=O)C1=C(C)N=c2s/c(=C/c3cccc(Cl)c3)c(=O)n2[C@@H]1c1ccccc1. The minimum Gasteiger partial charge on any atom is -0.466 e. The molecule has 146 valence electrons. The number of carbonyl (C=O) groups is 1. The summed E-state index contributed by atoms with van der Waals surface area (Å²) in [5.41, 5.74) is 2.33. The number of thiazole rings is 1. The molecule has 4 rings (SSSR count). The van der Waals surface area contributed by atoms with Crippen molar-refractivity contribution in [3.8, 4) is 0 Å². The van der Waals surface area contributed by atoms with Crippen molar-refractivity contribution in [1.29, 1.82) is 0 Å². The van der Waals surface area contributed by atoms with Crippen LogP contribution in [0.4, 0.5) is 0 Å². The first-order valence-corrected chi connectivity index (χ1v) is 10.1. The summed E-state index contributed by atoms with van der Waals surface area (Å²) < 4.78 is 7.08. The molecule has 2 aromatic carbocycles. The molecule has 0 saturated carbocycles. The van der Waals surface area contributed by atoms with Crippen molar-refractivity contribution in [3.63, 3.8) is 0 Å². The molecule has 1 aromatic heterocycles. The Morgan fingerprint density at radius 2 is 1.97 bits per heavy atom. The lowest BCUT2D eigenvalue weighted by Gasteiger charge is -2.24. The average Bonchev–Trinajstić information content (AvgIpc) is 3.02.